The molecule has 0 unspecified atom stereocenters. The van der Waals surface area contributed by atoms with Crippen LogP contribution >= 0.6 is 11.6 Å². The molecule has 0 bridgehead atoms. The predicted molar refractivity (Wildman–Crippen MR) is 107 cm³/mol. The lowest BCUT2D eigenvalue weighted by Gasteiger charge is -2.02. The van der Waals surface area contributed by atoms with E-state index in [0.717, 1.165) is 12.8 Å². The Morgan fingerprint density at radius 1 is 1.29 bits per heavy atom. The Kier molecular flexibility index (Phi) is 4.45. The second-order valence-electron chi connectivity index (χ2n) is 7.04. The molecule has 10 nitrogen and oxygen atoms in total. The number of nitrogens with zero attached hydrogens (tertiary/aromatic N) is 5. The third-order valence-electron chi connectivity index (χ3n) is 4.68. The van der Waals surface area contributed by atoms with Crippen molar-refractivity contribution >= 4 is 23.3 Å². The number of rotatable bonds is 4. The zero-order valence-corrected chi connectivity index (χ0v) is 16.6. The van der Waals surface area contributed by atoms with E-state index in [0.29, 0.717) is 39.4 Å². The molecule has 4 N–H and O–H groups in total. The van der Waals surface area contributed by atoms with Crippen molar-refractivity contribution in [2.24, 2.45) is 0 Å². The van der Waals surface area contributed by atoms with Crippen molar-refractivity contribution in [3.05, 3.63) is 57.4 Å². The summed E-state index contributed by atoms with van der Waals surface area (Å²) in [6, 6.07) is 8.43. The first-order valence-corrected chi connectivity index (χ1v) is 9.73. The van der Waals surface area contributed by atoms with Gasteiger partial charge in [-0.3, -0.25) is 9.98 Å². The molecule has 0 aliphatic heterocycles. The predicted octanol–water partition coefficient (Wildman–Crippen LogP) is -0.128. The van der Waals surface area contributed by atoms with E-state index in [2.05, 4.69) is 25.0 Å². The molecular formula is C20H15ClN7O3+. The SMILES string of the molecule is N#Cc1ccc(Oc2nc(=[NH+]C3CC3)n3ncc(=Cc4cc(O)[nH]c4O)c3n2)cc1Cl. The van der Waals surface area contributed by atoms with E-state index in [4.69, 9.17) is 21.6 Å². The third kappa shape index (κ3) is 3.74. The van der Waals surface area contributed by atoms with Gasteiger partial charge in [0.1, 0.15) is 11.8 Å². The van der Waals surface area contributed by atoms with Crippen LogP contribution in [-0.4, -0.2) is 40.8 Å². The van der Waals surface area contributed by atoms with Gasteiger partial charge in [0.05, 0.1) is 28.0 Å². The molecule has 1 aliphatic carbocycles. The number of H-pyrrole nitrogens is 1. The molecule has 4 aromatic rings. The molecule has 1 aliphatic rings. The average molecular weight is 437 g/mol. The first kappa shape index (κ1) is 18.9. The second kappa shape index (κ2) is 7.30. The van der Waals surface area contributed by atoms with Gasteiger partial charge >= 0.3 is 11.6 Å². The number of hydrogen-bond donors (Lipinski definition) is 4. The summed E-state index contributed by atoms with van der Waals surface area (Å²) < 4.78 is 7.35. The minimum absolute atomic E-state index is 0.0627. The number of aromatic amines is 1. The van der Waals surface area contributed by atoms with Crippen LogP contribution in [0.25, 0.3) is 11.7 Å². The van der Waals surface area contributed by atoms with Crippen LogP contribution in [0.1, 0.15) is 24.0 Å². The summed E-state index contributed by atoms with van der Waals surface area (Å²) in [4.78, 5) is 14.6. The Hall–Kier alpha value is -4.10. The van der Waals surface area contributed by atoms with E-state index in [-0.39, 0.29) is 22.8 Å². The molecule has 1 aromatic carbocycles. The zero-order chi connectivity index (χ0) is 21.5. The van der Waals surface area contributed by atoms with Crippen LogP contribution in [0.5, 0.6) is 23.5 Å². The van der Waals surface area contributed by atoms with Gasteiger partial charge in [-0.15, -0.1) is 10.1 Å². The molecule has 3 aromatic heterocycles. The maximum atomic E-state index is 9.92. The van der Waals surface area contributed by atoms with Crippen LogP contribution in [0.2, 0.25) is 5.02 Å². The largest absolute Gasteiger partial charge is 0.494 e. The van der Waals surface area contributed by atoms with E-state index < -0.39 is 0 Å². The first-order chi connectivity index (χ1) is 15.0. The van der Waals surface area contributed by atoms with Crippen LogP contribution in [0.4, 0.5) is 0 Å². The number of fused-ring (bicyclic) bond motifs is 1. The highest BCUT2D eigenvalue weighted by molar-refractivity contribution is 6.31. The second-order valence-corrected chi connectivity index (χ2v) is 7.45. The normalized spacial score (nSPS) is 14.8. The quantitative estimate of drug-likeness (QED) is 0.348. The fourth-order valence-electron chi connectivity index (χ4n) is 3.00. The van der Waals surface area contributed by atoms with Crippen LogP contribution < -0.4 is 20.6 Å². The molecule has 0 spiro atoms. The van der Waals surface area contributed by atoms with Crippen molar-refractivity contribution < 1.29 is 19.9 Å². The first-order valence-electron chi connectivity index (χ1n) is 9.35. The van der Waals surface area contributed by atoms with Gasteiger partial charge in [-0.1, -0.05) is 16.1 Å². The molecule has 0 atom stereocenters. The molecule has 3 heterocycles. The molecule has 154 valence electrons. The molecule has 5 rings (SSSR count). The zero-order valence-electron chi connectivity index (χ0n) is 15.9. The summed E-state index contributed by atoms with van der Waals surface area (Å²) in [7, 11) is 0. The Balaban J connectivity index is 1.65. The van der Waals surface area contributed by atoms with Gasteiger partial charge in [0.2, 0.25) is 5.65 Å². The van der Waals surface area contributed by atoms with Gasteiger partial charge in [0.15, 0.2) is 11.8 Å². The molecule has 0 amide bonds. The highest BCUT2D eigenvalue weighted by atomic mass is 35.5. The summed E-state index contributed by atoms with van der Waals surface area (Å²) in [5.41, 5.74) is 1.61. The van der Waals surface area contributed by atoms with Crippen LogP contribution in [0.3, 0.4) is 0 Å². The highest BCUT2D eigenvalue weighted by Gasteiger charge is 2.24. The standard InChI is InChI=1S/C20H14ClN7O3/c21-15-7-14(4-1-10(15)8-22)31-20-26-17-12(5-11-6-16(29)25-18(11)30)9-23-28(17)19(27-20)24-13-2-3-13/h1,4-7,9,13,25,29-30H,2-3H2/p+1. The van der Waals surface area contributed by atoms with Crippen molar-refractivity contribution in [2.45, 2.75) is 18.9 Å². The molecule has 0 radical (unpaired) electrons. The summed E-state index contributed by atoms with van der Waals surface area (Å²) in [6.45, 7) is 0. The molecule has 1 fully saturated rings. The van der Waals surface area contributed by atoms with E-state index in [9.17, 15) is 10.2 Å². The maximum Gasteiger partial charge on any atom is 0.423 e. The summed E-state index contributed by atoms with van der Waals surface area (Å²) >= 11 is 6.09. The van der Waals surface area contributed by atoms with Crippen LogP contribution in [-0.2, 0) is 0 Å². The number of aromatic nitrogens is 5. The van der Waals surface area contributed by atoms with Crippen molar-refractivity contribution in [3.63, 3.8) is 0 Å². The van der Waals surface area contributed by atoms with Crippen LogP contribution in [0.15, 0.2) is 30.5 Å². The number of nitriles is 1. The fraction of sp³-hybridized carbons (Fsp3) is 0.150. The molecule has 0 saturated heterocycles. The van der Waals surface area contributed by atoms with E-state index in [1.165, 1.54) is 12.1 Å². The number of benzene rings is 1. The van der Waals surface area contributed by atoms with Crippen molar-refractivity contribution in [3.8, 4) is 29.6 Å². The molecule has 11 heteroatoms. The van der Waals surface area contributed by atoms with Gasteiger partial charge in [0, 0.05) is 17.7 Å². The van der Waals surface area contributed by atoms with Gasteiger partial charge in [-0.2, -0.15) is 5.26 Å². The molecular weight excluding hydrogens is 422 g/mol. The average Bonchev–Trinajstić information content (AvgIpc) is 3.37. The van der Waals surface area contributed by atoms with Gasteiger partial charge in [0.25, 0.3) is 0 Å². The number of ether oxygens (including phenoxy) is 1. The van der Waals surface area contributed by atoms with Gasteiger partial charge < -0.3 is 14.9 Å². The van der Waals surface area contributed by atoms with Crippen molar-refractivity contribution in [1.29, 1.82) is 5.26 Å². The Morgan fingerprint density at radius 2 is 2.13 bits per heavy atom. The van der Waals surface area contributed by atoms with Crippen LogP contribution in [0, 0.1) is 11.3 Å². The Morgan fingerprint density at radius 3 is 2.81 bits per heavy atom. The Labute approximate surface area is 179 Å². The smallest absolute Gasteiger partial charge is 0.423 e. The van der Waals surface area contributed by atoms with Gasteiger partial charge in [-0.25, -0.2) is 0 Å². The number of aromatic hydroxyl groups is 2. The number of nitrogens with one attached hydrogen (secondary N) is 2. The lowest BCUT2D eigenvalue weighted by Crippen LogP contribution is -2.80. The molecule has 31 heavy (non-hydrogen) atoms. The minimum atomic E-state index is -0.175. The lowest BCUT2D eigenvalue weighted by molar-refractivity contribution is -0.523. The summed E-state index contributed by atoms with van der Waals surface area (Å²) in [5, 5.41) is 33.7. The topological polar surface area (TPSA) is 146 Å². The van der Waals surface area contributed by atoms with E-state index in [1.807, 2.05) is 6.07 Å². The van der Waals surface area contributed by atoms with E-state index >= 15 is 0 Å². The highest BCUT2D eigenvalue weighted by Crippen LogP contribution is 2.25. The lowest BCUT2D eigenvalue weighted by atomic mass is 10.2. The summed E-state index contributed by atoms with van der Waals surface area (Å²) in [6.07, 6.45) is 5.27. The maximum absolute atomic E-state index is 9.92. The van der Waals surface area contributed by atoms with Crippen molar-refractivity contribution in [1.82, 2.24) is 24.6 Å². The van der Waals surface area contributed by atoms with E-state index in [1.54, 1.807) is 28.9 Å². The number of halogens is 1. The Bertz CT molecular complexity index is 1480. The monoisotopic (exact) mass is 436 g/mol. The third-order valence-corrected chi connectivity index (χ3v) is 4.99. The minimum Gasteiger partial charge on any atom is -0.494 e. The summed E-state index contributed by atoms with van der Waals surface area (Å²) in [5.74, 6) is 0.0440. The number of hydrogen-bond acceptors (Lipinski definition) is 7. The fourth-order valence-corrected chi connectivity index (χ4v) is 3.22. The van der Waals surface area contributed by atoms with Gasteiger partial charge in [-0.05, 0) is 36.0 Å². The molecule has 1 saturated carbocycles. The van der Waals surface area contributed by atoms with Crippen molar-refractivity contribution in [2.75, 3.05) is 0 Å².